The summed E-state index contributed by atoms with van der Waals surface area (Å²) < 4.78 is 84.8. The number of aliphatic hydroxyl groups excluding tert-OH is 1. The third-order valence-electron chi connectivity index (χ3n) is 9.96. The quantitative estimate of drug-likeness (QED) is 0.0915. The highest BCUT2D eigenvalue weighted by Gasteiger charge is 2.40. The van der Waals surface area contributed by atoms with Crippen LogP contribution in [0.3, 0.4) is 0 Å². The minimum absolute atomic E-state index is 0.00672. The number of fused-ring (bicyclic) bond motifs is 1. The molecule has 1 aromatic heterocycles. The van der Waals surface area contributed by atoms with Crippen LogP contribution in [0.25, 0.3) is 11.0 Å². The Labute approximate surface area is 294 Å². The molecule has 7 rings (SSSR count). The number of benzene rings is 4. The van der Waals surface area contributed by atoms with Crippen molar-refractivity contribution < 1.29 is 41.3 Å². The molecule has 0 spiro atoms. The number of ether oxygens (including phenoxy) is 2. The van der Waals surface area contributed by atoms with Crippen LogP contribution < -0.4 is 11.0 Å². The van der Waals surface area contributed by atoms with Crippen LogP contribution in [0.4, 0.5) is 27.6 Å². The zero-order valence-corrected chi connectivity index (χ0v) is 27.9. The van der Waals surface area contributed by atoms with Gasteiger partial charge in [0.15, 0.2) is 29.6 Å². The van der Waals surface area contributed by atoms with E-state index in [1.165, 1.54) is 18.2 Å². The summed E-state index contributed by atoms with van der Waals surface area (Å²) in [5.41, 5.74) is 1.94. The van der Waals surface area contributed by atoms with Crippen molar-refractivity contribution in [1.29, 1.82) is 0 Å². The number of likely N-dealkylation sites (tertiary alicyclic amines) is 1. The highest BCUT2D eigenvalue weighted by molar-refractivity contribution is 6.04. The molecule has 4 aromatic carbocycles. The number of H-pyrrole nitrogens is 1. The number of hydrogen-bond donors (Lipinski definition) is 3. The first-order valence-corrected chi connectivity index (χ1v) is 16.9. The van der Waals surface area contributed by atoms with E-state index in [1.54, 1.807) is 18.2 Å². The molecule has 5 aromatic rings. The van der Waals surface area contributed by atoms with Crippen molar-refractivity contribution in [2.24, 2.45) is 5.92 Å². The van der Waals surface area contributed by atoms with Crippen LogP contribution in [0.15, 0.2) is 77.6 Å². The number of rotatable bonds is 8. The van der Waals surface area contributed by atoms with E-state index in [1.807, 2.05) is 47.9 Å². The molecule has 3 N–H and O–H groups in total. The molecule has 2 fully saturated rings. The summed E-state index contributed by atoms with van der Waals surface area (Å²) >= 11 is 0. The molecule has 272 valence electrons. The largest absolute Gasteiger partial charge is 0.392 e. The number of hydrogen-bond acceptors (Lipinski definition) is 6. The number of nitrogens with one attached hydrogen (secondary N) is 2. The SMILES string of the molecule is C[C@@H]1[C@H](CN2CCC(n3c(=O)[nH]c4ccccc43)CC2)O[C@H](c2cccc(NC(=O)c3c(F)c(F)c(F)c(F)c3F)c2)O[C@@H]1c1ccc(CO)cc1. The summed E-state index contributed by atoms with van der Waals surface area (Å²) in [5, 5.41) is 11.8. The molecule has 2 aliphatic rings. The van der Waals surface area contributed by atoms with Crippen LogP contribution in [-0.4, -0.2) is 51.2 Å². The Morgan fingerprint density at radius 3 is 2.23 bits per heavy atom. The lowest BCUT2D eigenvalue weighted by molar-refractivity contribution is -0.276. The Bertz CT molecular complexity index is 2140. The van der Waals surface area contributed by atoms with E-state index < -0.39 is 53.0 Å². The van der Waals surface area contributed by atoms with Crippen LogP contribution in [0.5, 0.6) is 0 Å². The smallest absolute Gasteiger partial charge is 0.326 e. The zero-order chi connectivity index (χ0) is 36.7. The number of para-hydroxylation sites is 2. The topological polar surface area (TPSA) is 109 Å². The van der Waals surface area contributed by atoms with Crippen molar-refractivity contribution in [3.05, 3.63) is 135 Å². The Balaban J connectivity index is 1.11. The molecule has 9 nitrogen and oxygen atoms in total. The van der Waals surface area contributed by atoms with Crippen LogP contribution in [0.1, 0.15) is 65.2 Å². The summed E-state index contributed by atoms with van der Waals surface area (Å²) in [6, 6.07) is 21.0. The van der Waals surface area contributed by atoms with Gasteiger partial charge in [0.25, 0.3) is 5.91 Å². The number of anilines is 1. The van der Waals surface area contributed by atoms with Gasteiger partial charge >= 0.3 is 5.69 Å². The van der Waals surface area contributed by atoms with Gasteiger partial charge in [-0.2, -0.15) is 0 Å². The van der Waals surface area contributed by atoms with Gasteiger partial charge in [-0.05, 0) is 48.2 Å². The second kappa shape index (κ2) is 14.6. The molecule has 4 atom stereocenters. The van der Waals surface area contributed by atoms with Gasteiger partial charge in [-0.3, -0.25) is 9.36 Å². The Morgan fingerprint density at radius 2 is 1.54 bits per heavy atom. The number of nitrogens with zero attached hydrogens (tertiary/aromatic N) is 2. The molecule has 1 amide bonds. The van der Waals surface area contributed by atoms with Crippen molar-refractivity contribution in [3.63, 3.8) is 0 Å². The fraction of sp³-hybridized carbons (Fsp3) is 0.316. The summed E-state index contributed by atoms with van der Waals surface area (Å²) in [6.45, 7) is 3.86. The first-order chi connectivity index (χ1) is 25.0. The highest BCUT2D eigenvalue weighted by Crippen LogP contribution is 2.42. The number of halogens is 5. The molecule has 14 heteroatoms. The number of carbonyl (C=O) groups is 1. The molecule has 52 heavy (non-hydrogen) atoms. The standard InChI is InChI=1S/C38H35F5N4O5/c1-20-28(18-46-15-13-25(14-16-46)47-27-8-3-2-7-26(27)45-38(47)50)51-37(52-35(20)22-11-9-21(19-48)10-12-22)23-5-4-6-24(17-23)44-36(49)29-30(39)32(41)34(43)33(42)31(29)40/h2-12,17,20,25,28,35,37,48H,13-16,18-19H2,1H3,(H,44,49)(H,45,50)/t20-,28+,35+,37+/m1/s1. The first-order valence-electron chi connectivity index (χ1n) is 16.9. The van der Waals surface area contributed by atoms with Crippen molar-refractivity contribution >= 4 is 22.6 Å². The number of aromatic nitrogens is 2. The third-order valence-corrected chi connectivity index (χ3v) is 9.96. The Hall–Kier alpha value is -4.89. The number of amides is 1. The van der Waals surface area contributed by atoms with Gasteiger partial charge < -0.3 is 29.8 Å². The molecule has 0 saturated carbocycles. The molecule has 0 radical (unpaired) electrons. The number of carbonyl (C=O) groups excluding carboxylic acids is 1. The summed E-state index contributed by atoms with van der Waals surface area (Å²) in [4.78, 5) is 30.8. The fourth-order valence-corrected chi connectivity index (χ4v) is 7.14. The van der Waals surface area contributed by atoms with E-state index in [0.29, 0.717) is 25.2 Å². The predicted molar refractivity (Wildman–Crippen MR) is 181 cm³/mol. The number of piperidine rings is 1. The second-order valence-corrected chi connectivity index (χ2v) is 13.2. The molecule has 0 aliphatic carbocycles. The maximum atomic E-state index is 14.4. The minimum atomic E-state index is -2.36. The maximum Gasteiger partial charge on any atom is 0.326 e. The van der Waals surface area contributed by atoms with Crippen molar-refractivity contribution in [2.75, 3.05) is 25.0 Å². The minimum Gasteiger partial charge on any atom is -0.392 e. The summed E-state index contributed by atoms with van der Waals surface area (Å²) in [6.07, 6.45) is -0.304. The van der Waals surface area contributed by atoms with Crippen LogP contribution in [0, 0.1) is 35.0 Å². The lowest BCUT2D eigenvalue weighted by Gasteiger charge is -2.44. The highest BCUT2D eigenvalue weighted by atomic mass is 19.2. The van der Waals surface area contributed by atoms with E-state index in [2.05, 4.69) is 15.2 Å². The van der Waals surface area contributed by atoms with E-state index in [-0.39, 0.29) is 36.0 Å². The van der Waals surface area contributed by atoms with Crippen molar-refractivity contribution in [2.45, 2.75) is 50.9 Å². The first kappa shape index (κ1) is 35.5. The average Bonchev–Trinajstić information content (AvgIpc) is 3.50. The monoisotopic (exact) mass is 722 g/mol. The number of imidazole rings is 1. The van der Waals surface area contributed by atoms with Gasteiger partial charge in [0.1, 0.15) is 5.56 Å². The normalized spacial score (nSPS) is 21.4. The molecule has 0 bridgehead atoms. The van der Waals surface area contributed by atoms with Gasteiger partial charge in [0.2, 0.25) is 5.82 Å². The van der Waals surface area contributed by atoms with Gasteiger partial charge in [-0.25, -0.2) is 26.7 Å². The Morgan fingerprint density at radius 1 is 0.865 bits per heavy atom. The maximum absolute atomic E-state index is 14.4. The summed E-state index contributed by atoms with van der Waals surface area (Å²) in [5.74, 6) is -13.0. The summed E-state index contributed by atoms with van der Waals surface area (Å²) in [7, 11) is 0. The van der Waals surface area contributed by atoms with E-state index in [0.717, 1.165) is 35.0 Å². The fourth-order valence-electron chi connectivity index (χ4n) is 7.14. The predicted octanol–water partition coefficient (Wildman–Crippen LogP) is 6.90. The van der Waals surface area contributed by atoms with Gasteiger partial charge in [-0.15, -0.1) is 0 Å². The molecular formula is C38H35F5N4O5. The average molecular weight is 723 g/mol. The number of aromatic amines is 1. The van der Waals surface area contributed by atoms with Gasteiger partial charge in [0.05, 0.1) is 29.8 Å². The van der Waals surface area contributed by atoms with Crippen LogP contribution in [0.2, 0.25) is 0 Å². The van der Waals surface area contributed by atoms with Crippen molar-refractivity contribution in [1.82, 2.24) is 14.5 Å². The van der Waals surface area contributed by atoms with Crippen LogP contribution >= 0.6 is 0 Å². The van der Waals surface area contributed by atoms with Gasteiger partial charge in [-0.1, -0.05) is 55.5 Å². The number of aliphatic hydroxyl groups is 1. The molecule has 0 unspecified atom stereocenters. The molecular weight excluding hydrogens is 687 g/mol. The van der Waals surface area contributed by atoms with Crippen LogP contribution in [-0.2, 0) is 16.1 Å². The second-order valence-electron chi connectivity index (χ2n) is 13.2. The lowest BCUT2D eigenvalue weighted by atomic mass is 9.89. The van der Waals surface area contributed by atoms with E-state index in [4.69, 9.17) is 9.47 Å². The van der Waals surface area contributed by atoms with Crippen molar-refractivity contribution in [3.8, 4) is 0 Å². The lowest BCUT2D eigenvalue weighted by Crippen LogP contribution is -2.47. The van der Waals surface area contributed by atoms with E-state index >= 15 is 0 Å². The van der Waals surface area contributed by atoms with E-state index in [9.17, 15) is 36.6 Å². The third kappa shape index (κ3) is 6.74. The molecule has 2 saturated heterocycles. The molecule has 3 heterocycles. The van der Waals surface area contributed by atoms with Gasteiger partial charge in [0, 0.05) is 42.8 Å². The zero-order valence-electron chi connectivity index (χ0n) is 27.9. The Kier molecular flexibility index (Phi) is 9.98. The molecule has 2 aliphatic heterocycles.